The molecule has 1 fully saturated rings. The summed E-state index contributed by atoms with van der Waals surface area (Å²) in [5.74, 6) is 0.434. The van der Waals surface area contributed by atoms with Gasteiger partial charge in [0.2, 0.25) is 5.91 Å². The van der Waals surface area contributed by atoms with Crippen molar-refractivity contribution in [3.05, 3.63) is 42.5 Å². The summed E-state index contributed by atoms with van der Waals surface area (Å²) in [5.41, 5.74) is 3.26. The number of nitrogens with one attached hydrogen (secondary N) is 1. The van der Waals surface area contributed by atoms with Crippen LogP contribution in [0.2, 0.25) is 0 Å². The average Bonchev–Trinajstić information content (AvgIpc) is 3.02. The molecule has 2 rings (SSSR count). The molecular formula is C16H18Cl2N2O2. The number of ether oxygens (including phenoxy) is 1. The van der Waals surface area contributed by atoms with Gasteiger partial charge in [-0.1, -0.05) is 24.8 Å². The van der Waals surface area contributed by atoms with E-state index in [0.29, 0.717) is 24.5 Å². The van der Waals surface area contributed by atoms with Gasteiger partial charge in [0.15, 0.2) is 0 Å². The number of alkyl halides is 2. The first kappa shape index (κ1) is 16.8. The number of carbonyl (C=O) groups is 1. The average molecular weight is 341 g/mol. The maximum atomic E-state index is 12.1. The Morgan fingerprint density at radius 3 is 2.82 bits per heavy atom. The van der Waals surface area contributed by atoms with Gasteiger partial charge in [-0.3, -0.25) is 4.79 Å². The highest BCUT2D eigenvalue weighted by molar-refractivity contribution is 6.53. The van der Waals surface area contributed by atoms with Crippen LogP contribution in [0.3, 0.4) is 0 Å². The van der Waals surface area contributed by atoms with Gasteiger partial charge in [-0.25, -0.2) is 5.43 Å². The van der Waals surface area contributed by atoms with Gasteiger partial charge in [-0.05, 0) is 32.4 Å². The maximum absolute atomic E-state index is 12.1. The Hall–Kier alpha value is -1.52. The molecule has 1 amide bonds. The number of halogens is 2. The van der Waals surface area contributed by atoms with Crippen molar-refractivity contribution in [2.75, 3.05) is 6.61 Å². The normalized spacial score (nSPS) is 22.8. The van der Waals surface area contributed by atoms with E-state index in [1.54, 1.807) is 19.9 Å². The molecule has 0 spiro atoms. The van der Waals surface area contributed by atoms with Gasteiger partial charge in [0.25, 0.3) is 0 Å². The van der Waals surface area contributed by atoms with Crippen molar-refractivity contribution in [2.24, 2.45) is 10.5 Å². The molecule has 0 aliphatic heterocycles. The predicted octanol–water partition coefficient (Wildman–Crippen LogP) is 3.68. The fraction of sp³-hybridized carbons (Fsp3) is 0.375. The first-order valence-corrected chi connectivity index (χ1v) is 7.62. The minimum atomic E-state index is -1.00. The van der Waals surface area contributed by atoms with Crippen LogP contribution < -0.4 is 10.2 Å². The van der Waals surface area contributed by atoms with Crippen LogP contribution in [-0.2, 0) is 4.79 Å². The smallest absolute Gasteiger partial charge is 0.249 e. The molecule has 0 unspecified atom stereocenters. The predicted molar refractivity (Wildman–Crippen MR) is 89.6 cm³/mol. The second-order valence-corrected chi connectivity index (χ2v) is 6.96. The number of hydrogen-bond acceptors (Lipinski definition) is 3. The van der Waals surface area contributed by atoms with Crippen LogP contribution in [0.25, 0.3) is 0 Å². The molecule has 6 heteroatoms. The van der Waals surface area contributed by atoms with E-state index in [9.17, 15) is 4.79 Å². The summed E-state index contributed by atoms with van der Waals surface area (Å²) >= 11 is 12.0. The fourth-order valence-corrected chi connectivity index (χ4v) is 2.64. The SMILES string of the molecule is C=CCOc1cccc(/C(C)=N\NC(=O)[C@@]2(C)CC2(Cl)Cl)c1. The van der Waals surface area contributed by atoms with Gasteiger partial charge in [0.1, 0.15) is 16.7 Å². The summed E-state index contributed by atoms with van der Waals surface area (Å²) in [5, 5.41) is 4.11. The standard InChI is InChI=1S/C16H18Cl2N2O2/c1-4-8-22-13-7-5-6-12(9-13)11(2)19-20-14(21)15(3)10-16(15,17)18/h4-7,9H,1,8,10H2,2-3H3,(H,20,21)/b19-11-/t15-/m1/s1. The van der Waals surface area contributed by atoms with Crippen LogP contribution in [0, 0.1) is 5.41 Å². The van der Waals surface area contributed by atoms with Crippen molar-refractivity contribution in [3.8, 4) is 5.75 Å². The van der Waals surface area contributed by atoms with Crippen LogP contribution in [-0.4, -0.2) is 22.6 Å². The molecule has 0 heterocycles. The fourth-order valence-electron chi connectivity index (χ4n) is 1.93. The second kappa shape index (κ2) is 6.31. The van der Waals surface area contributed by atoms with Crippen LogP contribution in [0.4, 0.5) is 0 Å². The molecular weight excluding hydrogens is 323 g/mol. The van der Waals surface area contributed by atoms with Gasteiger partial charge < -0.3 is 4.74 Å². The van der Waals surface area contributed by atoms with Gasteiger partial charge >= 0.3 is 0 Å². The summed E-state index contributed by atoms with van der Waals surface area (Å²) in [4.78, 5) is 12.1. The van der Waals surface area contributed by atoms with E-state index in [2.05, 4.69) is 17.1 Å². The molecule has 0 radical (unpaired) electrons. The third-order valence-corrected chi connectivity index (χ3v) is 4.81. The highest BCUT2D eigenvalue weighted by Crippen LogP contribution is 2.63. The lowest BCUT2D eigenvalue weighted by Gasteiger charge is -2.10. The third kappa shape index (κ3) is 3.45. The Balaban J connectivity index is 2.03. The first-order valence-electron chi connectivity index (χ1n) is 6.87. The van der Waals surface area contributed by atoms with Crippen molar-refractivity contribution in [3.63, 3.8) is 0 Å². The summed E-state index contributed by atoms with van der Waals surface area (Å²) in [7, 11) is 0. The Labute approximate surface area is 140 Å². The number of hydrogen-bond donors (Lipinski definition) is 1. The molecule has 0 bridgehead atoms. The second-order valence-electron chi connectivity index (χ2n) is 5.48. The minimum Gasteiger partial charge on any atom is -0.490 e. The van der Waals surface area contributed by atoms with Crippen molar-refractivity contribution in [2.45, 2.75) is 24.6 Å². The summed E-state index contributed by atoms with van der Waals surface area (Å²) in [6, 6.07) is 7.44. The number of carbonyl (C=O) groups excluding carboxylic acids is 1. The van der Waals surface area contributed by atoms with E-state index in [0.717, 1.165) is 5.56 Å². The Kier molecular flexibility index (Phi) is 4.83. The first-order chi connectivity index (χ1) is 10.3. The lowest BCUT2D eigenvalue weighted by atomic mass is 10.1. The Morgan fingerprint density at radius 1 is 1.55 bits per heavy atom. The molecule has 0 saturated heterocycles. The van der Waals surface area contributed by atoms with Gasteiger partial charge in [0, 0.05) is 5.56 Å². The van der Waals surface area contributed by atoms with E-state index in [-0.39, 0.29) is 5.91 Å². The topological polar surface area (TPSA) is 50.7 Å². The maximum Gasteiger partial charge on any atom is 0.249 e. The molecule has 22 heavy (non-hydrogen) atoms. The Morgan fingerprint density at radius 2 is 2.23 bits per heavy atom. The van der Waals surface area contributed by atoms with Crippen LogP contribution in [0.1, 0.15) is 25.8 Å². The van der Waals surface area contributed by atoms with Crippen molar-refractivity contribution in [1.29, 1.82) is 0 Å². The molecule has 1 aliphatic carbocycles. The summed E-state index contributed by atoms with van der Waals surface area (Å²) < 4.78 is 4.47. The van der Waals surface area contributed by atoms with Gasteiger partial charge in [0.05, 0.1) is 11.1 Å². The lowest BCUT2D eigenvalue weighted by molar-refractivity contribution is -0.125. The highest BCUT2D eigenvalue weighted by Gasteiger charge is 2.68. The van der Waals surface area contributed by atoms with Crippen LogP contribution >= 0.6 is 23.2 Å². The summed E-state index contributed by atoms with van der Waals surface area (Å²) in [6.45, 7) is 7.56. The monoisotopic (exact) mass is 340 g/mol. The lowest BCUT2D eigenvalue weighted by Crippen LogP contribution is -2.30. The molecule has 118 valence electrons. The molecule has 1 saturated carbocycles. The zero-order valence-corrected chi connectivity index (χ0v) is 14.0. The van der Waals surface area contributed by atoms with Crippen molar-refractivity contribution < 1.29 is 9.53 Å². The molecule has 1 aromatic rings. The van der Waals surface area contributed by atoms with E-state index in [1.807, 2.05) is 24.3 Å². The minimum absolute atomic E-state index is 0.282. The van der Waals surface area contributed by atoms with E-state index in [4.69, 9.17) is 27.9 Å². The number of rotatable bonds is 6. The number of benzene rings is 1. The number of amides is 1. The van der Waals surface area contributed by atoms with Crippen molar-refractivity contribution in [1.82, 2.24) is 5.43 Å². The Bertz CT molecular complexity index is 628. The van der Waals surface area contributed by atoms with Crippen LogP contribution in [0.5, 0.6) is 5.75 Å². The molecule has 1 aromatic carbocycles. The molecule has 1 aliphatic rings. The van der Waals surface area contributed by atoms with Gasteiger partial charge in [-0.2, -0.15) is 5.10 Å². The van der Waals surface area contributed by atoms with Gasteiger partial charge in [-0.15, -0.1) is 23.2 Å². The molecule has 0 aromatic heterocycles. The molecule has 1 atom stereocenters. The van der Waals surface area contributed by atoms with Crippen molar-refractivity contribution >= 4 is 34.8 Å². The molecule has 4 nitrogen and oxygen atoms in total. The van der Waals surface area contributed by atoms with Crippen LogP contribution in [0.15, 0.2) is 42.0 Å². The number of hydrazone groups is 1. The zero-order chi connectivity index (χ0) is 16.4. The number of nitrogens with zero attached hydrogens (tertiary/aromatic N) is 1. The zero-order valence-electron chi connectivity index (χ0n) is 12.5. The van der Waals surface area contributed by atoms with E-state index in [1.165, 1.54) is 0 Å². The largest absolute Gasteiger partial charge is 0.490 e. The molecule has 1 N–H and O–H groups in total. The summed E-state index contributed by atoms with van der Waals surface area (Å²) in [6.07, 6.45) is 2.10. The third-order valence-electron chi connectivity index (χ3n) is 3.70. The quantitative estimate of drug-likeness (QED) is 0.371. The highest BCUT2D eigenvalue weighted by atomic mass is 35.5. The van der Waals surface area contributed by atoms with E-state index >= 15 is 0 Å². The van der Waals surface area contributed by atoms with E-state index < -0.39 is 9.75 Å².